The molecule has 2 amide bonds. The van der Waals surface area contributed by atoms with Crippen molar-refractivity contribution in [1.29, 1.82) is 0 Å². The molecule has 0 saturated heterocycles. The molecule has 0 aliphatic carbocycles. The molecule has 0 fully saturated rings. The van der Waals surface area contributed by atoms with Gasteiger partial charge < -0.3 is 16.0 Å². The maximum atomic E-state index is 12.2. The molecule has 0 atom stereocenters. The maximum Gasteiger partial charge on any atom is 0.248 e. The molecule has 0 aliphatic rings. The molecule has 25 heavy (non-hydrogen) atoms. The Labute approximate surface area is 148 Å². The fraction of sp³-hybridized carbons (Fsp3) is 0.300. The molecule has 0 saturated carbocycles. The van der Waals surface area contributed by atoms with E-state index >= 15 is 0 Å². The van der Waals surface area contributed by atoms with E-state index in [1.54, 1.807) is 24.3 Å². The Morgan fingerprint density at radius 2 is 1.64 bits per heavy atom. The highest BCUT2D eigenvalue weighted by molar-refractivity contribution is 5.94. The second-order valence-electron chi connectivity index (χ2n) is 6.36. The minimum absolute atomic E-state index is 0.0652. The number of carbonyl (C=O) groups is 2. The fourth-order valence-corrected chi connectivity index (χ4v) is 2.58. The van der Waals surface area contributed by atoms with E-state index < -0.39 is 5.91 Å². The normalized spacial score (nSPS) is 10.6. The van der Waals surface area contributed by atoms with Gasteiger partial charge in [0.05, 0.1) is 0 Å². The first-order valence-electron chi connectivity index (χ1n) is 8.40. The predicted octanol–water partition coefficient (Wildman–Crippen LogP) is 3.34. The first-order chi connectivity index (χ1) is 11.9. The van der Waals surface area contributed by atoms with Gasteiger partial charge in [0, 0.05) is 35.9 Å². The van der Waals surface area contributed by atoms with Gasteiger partial charge in [0.25, 0.3) is 0 Å². The summed E-state index contributed by atoms with van der Waals surface area (Å²) >= 11 is 0. The molecule has 0 heterocycles. The van der Waals surface area contributed by atoms with Gasteiger partial charge >= 0.3 is 0 Å². The summed E-state index contributed by atoms with van der Waals surface area (Å²) < 4.78 is 0. The van der Waals surface area contributed by atoms with Crippen LogP contribution >= 0.6 is 0 Å². The Morgan fingerprint density at radius 1 is 1.04 bits per heavy atom. The Balaban J connectivity index is 1.94. The minimum atomic E-state index is -0.483. The SMILES string of the molecule is Cc1ccc(N(CCC(=O)Nc2ccc(C(N)=O)cc2)C(C)C)cc1. The lowest BCUT2D eigenvalue weighted by atomic mass is 10.1. The van der Waals surface area contributed by atoms with Gasteiger partial charge in [-0.2, -0.15) is 0 Å². The standard InChI is InChI=1S/C20H25N3O2/c1-14(2)23(18-10-4-15(3)5-11-18)13-12-19(24)22-17-8-6-16(7-9-17)20(21)25/h4-11,14H,12-13H2,1-3H3,(H2,21,25)(H,22,24). The maximum absolute atomic E-state index is 12.2. The Kier molecular flexibility index (Phi) is 6.17. The molecule has 0 radical (unpaired) electrons. The van der Waals surface area contributed by atoms with E-state index in [9.17, 15) is 9.59 Å². The largest absolute Gasteiger partial charge is 0.369 e. The molecule has 5 nitrogen and oxygen atoms in total. The van der Waals surface area contributed by atoms with Crippen LogP contribution in [-0.4, -0.2) is 24.4 Å². The number of nitrogens with one attached hydrogen (secondary N) is 1. The third-order valence-electron chi connectivity index (χ3n) is 4.02. The van der Waals surface area contributed by atoms with Crippen LogP contribution in [0.2, 0.25) is 0 Å². The Morgan fingerprint density at radius 3 is 2.16 bits per heavy atom. The van der Waals surface area contributed by atoms with Gasteiger partial charge in [0.15, 0.2) is 0 Å². The third-order valence-corrected chi connectivity index (χ3v) is 4.02. The van der Waals surface area contributed by atoms with Crippen molar-refractivity contribution < 1.29 is 9.59 Å². The number of hydrogen-bond acceptors (Lipinski definition) is 3. The highest BCUT2D eigenvalue weighted by Gasteiger charge is 2.13. The number of primary amides is 1. The van der Waals surface area contributed by atoms with Crippen molar-refractivity contribution in [3.8, 4) is 0 Å². The number of aryl methyl sites for hydroxylation is 1. The van der Waals surface area contributed by atoms with E-state index in [2.05, 4.69) is 55.3 Å². The lowest BCUT2D eigenvalue weighted by Gasteiger charge is -2.29. The summed E-state index contributed by atoms with van der Waals surface area (Å²) in [4.78, 5) is 25.5. The third kappa shape index (κ3) is 5.35. The van der Waals surface area contributed by atoms with Crippen LogP contribution in [0.3, 0.4) is 0 Å². The number of amides is 2. The predicted molar refractivity (Wildman–Crippen MR) is 102 cm³/mol. The van der Waals surface area contributed by atoms with E-state index in [1.165, 1.54) is 5.56 Å². The smallest absolute Gasteiger partial charge is 0.248 e. The monoisotopic (exact) mass is 339 g/mol. The zero-order chi connectivity index (χ0) is 18.4. The number of carbonyl (C=O) groups excluding carboxylic acids is 2. The van der Waals surface area contributed by atoms with Crippen LogP contribution in [0, 0.1) is 6.92 Å². The summed E-state index contributed by atoms with van der Waals surface area (Å²) in [6.45, 7) is 6.91. The van der Waals surface area contributed by atoms with Crippen molar-refractivity contribution in [2.75, 3.05) is 16.8 Å². The lowest BCUT2D eigenvalue weighted by molar-refractivity contribution is -0.116. The molecule has 0 unspecified atom stereocenters. The summed E-state index contributed by atoms with van der Waals surface area (Å²) in [7, 11) is 0. The summed E-state index contributed by atoms with van der Waals surface area (Å²) in [5.41, 5.74) is 8.60. The second kappa shape index (κ2) is 8.33. The van der Waals surface area contributed by atoms with Gasteiger partial charge in [-0.3, -0.25) is 9.59 Å². The number of nitrogens with two attached hydrogens (primary N) is 1. The summed E-state index contributed by atoms with van der Waals surface area (Å²) in [6, 6.07) is 15.2. The van der Waals surface area contributed by atoms with Crippen molar-refractivity contribution in [1.82, 2.24) is 0 Å². The molecule has 2 aromatic carbocycles. The summed E-state index contributed by atoms with van der Waals surface area (Å²) in [5.74, 6) is -0.548. The summed E-state index contributed by atoms with van der Waals surface area (Å²) in [5, 5.41) is 2.85. The number of hydrogen-bond donors (Lipinski definition) is 2. The fourth-order valence-electron chi connectivity index (χ4n) is 2.58. The average molecular weight is 339 g/mol. The Hall–Kier alpha value is -2.82. The Bertz CT molecular complexity index is 722. The number of benzene rings is 2. The highest BCUT2D eigenvalue weighted by atomic mass is 16.2. The van der Waals surface area contributed by atoms with Crippen molar-refractivity contribution >= 4 is 23.2 Å². The number of anilines is 2. The molecule has 3 N–H and O–H groups in total. The molecule has 0 bridgehead atoms. The van der Waals surface area contributed by atoms with Crippen LogP contribution < -0.4 is 16.0 Å². The van der Waals surface area contributed by atoms with Gasteiger partial charge in [0.1, 0.15) is 0 Å². The zero-order valence-electron chi connectivity index (χ0n) is 15.0. The van der Waals surface area contributed by atoms with Gasteiger partial charge in [0.2, 0.25) is 11.8 Å². The molecule has 2 aromatic rings. The van der Waals surface area contributed by atoms with Crippen molar-refractivity contribution in [3.63, 3.8) is 0 Å². The number of rotatable bonds is 7. The molecular formula is C20H25N3O2. The first kappa shape index (κ1) is 18.5. The van der Waals surface area contributed by atoms with Crippen LogP contribution in [0.15, 0.2) is 48.5 Å². The topological polar surface area (TPSA) is 75.4 Å². The second-order valence-corrected chi connectivity index (χ2v) is 6.36. The lowest BCUT2D eigenvalue weighted by Crippen LogP contribution is -2.33. The molecule has 5 heteroatoms. The van der Waals surface area contributed by atoms with Crippen LogP contribution in [0.1, 0.15) is 36.2 Å². The molecule has 0 aliphatic heterocycles. The summed E-state index contributed by atoms with van der Waals surface area (Å²) in [6.07, 6.45) is 0.379. The first-order valence-corrected chi connectivity index (χ1v) is 8.40. The van der Waals surface area contributed by atoms with Crippen LogP contribution in [0.25, 0.3) is 0 Å². The van der Waals surface area contributed by atoms with Crippen molar-refractivity contribution in [3.05, 3.63) is 59.7 Å². The van der Waals surface area contributed by atoms with E-state index in [1.807, 2.05) is 0 Å². The van der Waals surface area contributed by atoms with E-state index in [0.717, 1.165) is 5.69 Å². The van der Waals surface area contributed by atoms with Gasteiger partial charge in [-0.1, -0.05) is 17.7 Å². The van der Waals surface area contributed by atoms with Crippen molar-refractivity contribution in [2.45, 2.75) is 33.2 Å². The number of nitrogens with zero attached hydrogens (tertiary/aromatic N) is 1. The molecule has 2 rings (SSSR count). The molecule has 132 valence electrons. The van der Waals surface area contributed by atoms with Crippen LogP contribution in [0.4, 0.5) is 11.4 Å². The van der Waals surface area contributed by atoms with Gasteiger partial charge in [-0.05, 0) is 57.2 Å². The van der Waals surface area contributed by atoms with Crippen LogP contribution in [0.5, 0.6) is 0 Å². The molecule has 0 spiro atoms. The average Bonchev–Trinajstić information content (AvgIpc) is 2.57. The zero-order valence-corrected chi connectivity index (χ0v) is 15.0. The van der Waals surface area contributed by atoms with E-state index in [4.69, 9.17) is 5.73 Å². The van der Waals surface area contributed by atoms with E-state index in [-0.39, 0.29) is 5.91 Å². The minimum Gasteiger partial charge on any atom is -0.369 e. The quantitative estimate of drug-likeness (QED) is 0.812. The van der Waals surface area contributed by atoms with Gasteiger partial charge in [-0.25, -0.2) is 0 Å². The molecular weight excluding hydrogens is 314 g/mol. The van der Waals surface area contributed by atoms with Crippen molar-refractivity contribution in [2.24, 2.45) is 5.73 Å². The van der Waals surface area contributed by atoms with E-state index in [0.29, 0.717) is 30.3 Å². The van der Waals surface area contributed by atoms with Gasteiger partial charge in [-0.15, -0.1) is 0 Å². The highest BCUT2D eigenvalue weighted by Crippen LogP contribution is 2.18. The van der Waals surface area contributed by atoms with Crippen LogP contribution in [-0.2, 0) is 4.79 Å². The molecule has 0 aromatic heterocycles.